The molecule has 3 rings (SSSR count). The maximum Gasteiger partial charge on any atom is 0.261 e. The van der Waals surface area contributed by atoms with Gasteiger partial charge in [-0.1, -0.05) is 12.1 Å². The lowest BCUT2D eigenvalue weighted by molar-refractivity contribution is -0.123. The summed E-state index contributed by atoms with van der Waals surface area (Å²) in [4.78, 5) is 40.3. The highest BCUT2D eigenvalue weighted by Gasteiger charge is 2.11. The highest BCUT2D eigenvalue weighted by atomic mass is 32.1. The molecule has 26 heavy (non-hydrogen) atoms. The number of nitrogens with one attached hydrogen (secondary N) is 3. The third-order valence-electron chi connectivity index (χ3n) is 3.52. The molecule has 0 saturated heterocycles. The third kappa shape index (κ3) is 4.42. The van der Waals surface area contributed by atoms with Crippen molar-refractivity contribution in [3.63, 3.8) is 0 Å². The zero-order valence-electron chi connectivity index (χ0n) is 13.7. The van der Waals surface area contributed by atoms with Crippen LogP contribution in [0, 0.1) is 0 Å². The zero-order chi connectivity index (χ0) is 18.4. The van der Waals surface area contributed by atoms with Gasteiger partial charge >= 0.3 is 0 Å². The SMILES string of the molecule is O=C(CNC(=O)c1cccs1)NCC(=O)Nc1cccc2ncccc12. The van der Waals surface area contributed by atoms with E-state index in [9.17, 15) is 14.4 Å². The number of hydrogen-bond acceptors (Lipinski definition) is 5. The minimum absolute atomic E-state index is 0.190. The van der Waals surface area contributed by atoms with Gasteiger partial charge in [-0.25, -0.2) is 0 Å². The van der Waals surface area contributed by atoms with Gasteiger partial charge in [0.05, 0.1) is 29.2 Å². The van der Waals surface area contributed by atoms with E-state index in [1.165, 1.54) is 11.3 Å². The number of pyridine rings is 1. The average Bonchev–Trinajstić information content (AvgIpc) is 3.19. The van der Waals surface area contributed by atoms with Crippen molar-refractivity contribution in [3.05, 3.63) is 58.9 Å². The maximum atomic E-state index is 12.1. The Morgan fingerprint density at radius 2 is 1.77 bits per heavy atom. The highest BCUT2D eigenvalue weighted by molar-refractivity contribution is 7.12. The Morgan fingerprint density at radius 3 is 2.58 bits per heavy atom. The quantitative estimate of drug-likeness (QED) is 0.617. The van der Waals surface area contributed by atoms with Gasteiger partial charge in [0, 0.05) is 11.6 Å². The highest BCUT2D eigenvalue weighted by Crippen LogP contribution is 2.20. The number of aromatic nitrogens is 1. The summed E-state index contributed by atoms with van der Waals surface area (Å²) in [5, 5.41) is 10.3. The van der Waals surface area contributed by atoms with Crippen molar-refractivity contribution in [2.75, 3.05) is 18.4 Å². The molecule has 3 amide bonds. The summed E-state index contributed by atoms with van der Waals surface area (Å²) in [5.41, 5.74) is 1.39. The molecule has 0 atom stereocenters. The lowest BCUT2D eigenvalue weighted by atomic mass is 10.2. The molecule has 0 saturated carbocycles. The molecule has 0 unspecified atom stereocenters. The van der Waals surface area contributed by atoms with Gasteiger partial charge in [0.1, 0.15) is 0 Å². The Balaban J connectivity index is 1.47. The number of rotatable bonds is 6. The molecule has 7 nitrogen and oxygen atoms in total. The molecule has 0 radical (unpaired) electrons. The van der Waals surface area contributed by atoms with Gasteiger partial charge in [-0.15, -0.1) is 11.3 Å². The van der Waals surface area contributed by atoms with Crippen molar-refractivity contribution >= 4 is 45.6 Å². The van der Waals surface area contributed by atoms with Crippen LogP contribution in [0.25, 0.3) is 10.9 Å². The van der Waals surface area contributed by atoms with E-state index in [0.717, 1.165) is 10.9 Å². The van der Waals surface area contributed by atoms with E-state index in [1.807, 2.05) is 12.1 Å². The number of carbonyl (C=O) groups is 3. The first kappa shape index (κ1) is 17.6. The molecule has 2 aromatic heterocycles. The van der Waals surface area contributed by atoms with E-state index in [-0.39, 0.29) is 24.9 Å². The fraction of sp³-hybridized carbons (Fsp3) is 0.111. The minimum Gasteiger partial charge on any atom is -0.345 e. The molecule has 0 bridgehead atoms. The minimum atomic E-state index is -0.440. The summed E-state index contributed by atoms with van der Waals surface area (Å²) < 4.78 is 0. The molecule has 3 N–H and O–H groups in total. The summed E-state index contributed by atoms with van der Waals surface area (Å²) in [6.07, 6.45) is 1.68. The number of thiophene rings is 1. The van der Waals surface area contributed by atoms with Crippen molar-refractivity contribution in [2.45, 2.75) is 0 Å². The van der Waals surface area contributed by atoms with Crippen molar-refractivity contribution in [1.29, 1.82) is 0 Å². The second-order valence-corrected chi connectivity index (χ2v) is 6.31. The number of carbonyl (C=O) groups excluding carboxylic acids is 3. The smallest absolute Gasteiger partial charge is 0.261 e. The zero-order valence-corrected chi connectivity index (χ0v) is 14.5. The molecule has 8 heteroatoms. The number of fused-ring (bicyclic) bond motifs is 1. The fourth-order valence-electron chi connectivity index (χ4n) is 2.30. The number of nitrogens with zero attached hydrogens (tertiary/aromatic N) is 1. The average molecular weight is 368 g/mol. The van der Waals surface area contributed by atoms with Gasteiger partial charge in [0.2, 0.25) is 11.8 Å². The van der Waals surface area contributed by atoms with Gasteiger partial charge in [-0.2, -0.15) is 0 Å². The van der Waals surface area contributed by atoms with Crippen molar-refractivity contribution in [3.8, 4) is 0 Å². The first-order valence-corrected chi connectivity index (χ1v) is 8.73. The standard InChI is InChI=1S/C18H16N4O3S/c23-16(10-21-18(25)15-7-3-9-26-15)20-11-17(24)22-14-6-1-5-13-12(14)4-2-8-19-13/h1-9H,10-11H2,(H,20,23)(H,21,25)(H,22,24). The molecule has 1 aromatic carbocycles. The monoisotopic (exact) mass is 368 g/mol. The molecule has 0 aliphatic heterocycles. The molecule has 0 aliphatic rings. The van der Waals surface area contributed by atoms with E-state index in [1.54, 1.807) is 41.9 Å². The Bertz CT molecular complexity index is 935. The summed E-state index contributed by atoms with van der Waals surface area (Å²) in [6, 6.07) is 12.5. The van der Waals surface area contributed by atoms with Crippen LogP contribution in [0.1, 0.15) is 9.67 Å². The van der Waals surface area contributed by atoms with Crippen LogP contribution < -0.4 is 16.0 Å². The van der Waals surface area contributed by atoms with Crippen LogP contribution >= 0.6 is 11.3 Å². The number of amides is 3. The lowest BCUT2D eigenvalue weighted by Crippen LogP contribution is -2.40. The maximum absolute atomic E-state index is 12.1. The van der Waals surface area contributed by atoms with Gasteiger partial charge < -0.3 is 16.0 Å². The Labute approximate surface area is 153 Å². The molecule has 0 spiro atoms. The van der Waals surface area contributed by atoms with Crippen LogP contribution in [0.3, 0.4) is 0 Å². The Kier molecular flexibility index (Phi) is 5.55. The van der Waals surface area contributed by atoms with Crippen molar-refractivity contribution < 1.29 is 14.4 Å². The molecular weight excluding hydrogens is 352 g/mol. The summed E-state index contributed by atoms with van der Waals surface area (Å²) >= 11 is 1.29. The largest absolute Gasteiger partial charge is 0.345 e. The summed E-state index contributed by atoms with van der Waals surface area (Å²) in [5.74, 6) is -1.12. The van der Waals surface area contributed by atoms with Crippen LogP contribution in [0.4, 0.5) is 5.69 Å². The second-order valence-electron chi connectivity index (χ2n) is 5.36. The topological polar surface area (TPSA) is 100 Å². The van der Waals surface area contributed by atoms with E-state index in [2.05, 4.69) is 20.9 Å². The van der Waals surface area contributed by atoms with Crippen LogP contribution in [0.15, 0.2) is 54.0 Å². The van der Waals surface area contributed by atoms with E-state index >= 15 is 0 Å². The predicted octanol–water partition coefficient (Wildman–Crippen LogP) is 1.78. The molecule has 0 fully saturated rings. The molecule has 2 heterocycles. The Morgan fingerprint density at radius 1 is 0.923 bits per heavy atom. The van der Waals surface area contributed by atoms with E-state index in [4.69, 9.17) is 0 Å². The van der Waals surface area contributed by atoms with Crippen LogP contribution in [0.5, 0.6) is 0 Å². The molecule has 3 aromatic rings. The van der Waals surface area contributed by atoms with Crippen LogP contribution in [-0.2, 0) is 9.59 Å². The summed E-state index contributed by atoms with van der Waals surface area (Å²) in [6.45, 7) is -0.382. The van der Waals surface area contributed by atoms with Crippen LogP contribution in [-0.4, -0.2) is 35.8 Å². The van der Waals surface area contributed by atoms with Crippen LogP contribution in [0.2, 0.25) is 0 Å². The van der Waals surface area contributed by atoms with Gasteiger partial charge in [-0.05, 0) is 35.7 Å². The lowest BCUT2D eigenvalue weighted by Gasteiger charge is -2.09. The van der Waals surface area contributed by atoms with Gasteiger partial charge in [0.25, 0.3) is 5.91 Å². The molecule has 0 aliphatic carbocycles. The molecular formula is C18H16N4O3S. The first-order valence-electron chi connectivity index (χ1n) is 7.85. The number of hydrogen-bond donors (Lipinski definition) is 3. The van der Waals surface area contributed by atoms with Crippen molar-refractivity contribution in [2.24, 2.45) is 0 Å². The van der Waals surface area contributed by atoms with Gasteiger partial charge in [0.15, 0.2) is 0 Å². The van der Waals surface area contributed by atoms with E-state index < -0.39 is 5.91 Å². The fourth-order valence-corrected chi connectivity index (χ4v) is 2.94. The molecule has 132 valence electrons. The Hall–Kier alpha value is -3.26. The predicted molar refractivity (Wildman–Crippen MR) is 100 cm³/mol. The normalized spacial score (nSPS) is 10.3. The summed E-state index contributed by atoms with van der Waals surface area (Å²) in [7, 11) is 0. The second kappa shape index (κ2) is 8.21. The van der Waals surface area contributed by atoms with Gasteiger partial charge in [-0.3, -0.25) is 19.4 Å². The third-order valence-corrected chi connectivity index (χ3v) is 4.39. The van der Waals surface area contributed by atoms with E-state index in [0.29, 0.717) is 10.6 Å². The number of anilines is 1. The first-order chi connectivity index (χ1) is 12.6. The number of benzene rings is 1. The van der Waals surface area contributed by atoms with Crippen molar-refractivity contribution in [1.82, 2.24) is 15.6 Å².